The molecule has 0 amide bonds. The molecule has 96 valence electrons. The Morgan fingerprint density at radius 3 is 2.83 bits per heavy atom. The molecule has 0 radical (unpaired) electrons. The normalized spacial score (nSPS) is 22.0. The van der Waals surface area contributed by atoms with Gasteiger partial charge in [0.05, 0.1) is 18.9 Å². The molecule has 1 aromatic carbocycles. The fourth-order valence-electron chi connectivity index (χ4n) is 2.14. The van der Waals surface area contributed by atoms with E-state index < -0.39 is 22.7 Å². The summed E-state index contributed by atoms with van der Waals surface area (Å²) >= 11 is 0. The van der Waals surface area contributed by atoms with Crippen LogP contribution in [-0.2, 0) is 4.79 Å². The molecule has 0 aliphatic carbocycles. The average molecular weight is 251 g/mol. The van der Waals surface area contributed by atoms with Crippen molar-refractivity contribution in [2.75, 3.05) is 13.7 Å². The lowest BCUT2D eigenvalue weighted by molar-refractivity contribution is -0.484. The van der Waals surface area contributed by atoms with Crippen LogP contribution in [0.2, 0.25) is 0 Å². The van der Waals surface area contributed by atoms with Crippen LogP contribution in [-0.4, -0.2) is 24.5 Å². The number of benzene rings is 1. The Morgan fingerprint density at radius 2 is 2.22 bits per heavy atom. The van der Waals surface area contributed by atoms with Crippen molar-refractivity contribution in [1.29, 1.82) is 0 Å². The summed E-state index contributed by atoms with van der Waals surface area (Å²) in [7, 11) is 1.46. The number of hydrogen-bond acceptors (Lipinski definition) is 5. The molecule has 0 spiro atoms. The number of ether oxygens (including phenoxy) is 2. The van der Waals surface area contributed by atoms with Crippen molar-refractivity contribution < 1.29 is 19.2 Å². The Balaban J connectivity index is 2.49. The highest BCUT2D eigenvalue weighted by Crippen LogP contribution is 2.42. The van der Waals surface area contributed by atoms with Crippen LogP contribution in [0, 0.1) is 16.0 Å². The van der Waals surface area contributed by atoms with Crippen molar-refractivity contribution >= 4 is 5.97 Å². The van der Waals surface area contributed by atoms with Gasteiger partial charge in [-0.2, -0.15) is 0 Å². The van der Waals surface area contributed by atoms with Gasteiger partial charge in [0.2, 0.25) is 6.54 Å². The maximum atomic E-state index is 11.7. The molecule has 6 heteroatoms. The Bertz CT molecular complexity index is 499. The average Bonchev–Trinajstić information content (AvgIpc) is 2.34. The van der Waals surface area contributed by atoms with Crippen molar-refractivity contribution in [3.63, 3.8) is 0 Å². The summed E-state index contributed by atoms with van der Waals surface area (Å²) in [5.74, 6) is -0.753. The molecule has 0 saturated carbocycles. The van der Waals surface area contributed by atoms with Crippen LogP contribution in [0.1, 0.15) is 18.4 Å². The van der Waals surface area contributed by atoms with E-state index in [9.17, 15) is 14.9 Å². The quantitative estimate of drug-likeness (QED) is 0.353. The SMILES string of the molecule is COc1cccc2c1OC(=O)[C@@H](C)[C@@H]2C[N+](=O)[O-]. The van der Waals surface area contributed by atoms with Crippen LogP contribution in [0.5, 0.6) is 11.5 Å². The Morgan fingerprint density at radius 1 is 1.50 bits per heavy atom. The minimum absolute atomic E-state index is 0.295. The molecule has 0 N–H and O–H groups in total. The van der Waals surface area contributed by atoms with Crippen molar-refractivity contribution in [2.45, 2.75) is 12.8 Å². The molecule has 1 heterocycles. The van der Waals surface area contributed by atoms with Gasteiger partial charge >= 0.3 is 5.97 Å². The monoisotopic (exact) mass is 251 g/mol. The zero-order valence-corrected chi connectivity index (χ0v) is 10.1. The van der Waals surface area contributed by atoms with Gasteiger partial charge in [0.1, 0.15) is 0 Å². The number of carbonyl (C=O) groups is 1. The fraction of sp³-hybridized carbons (Fsp3) is 0.417. The molecule has 0 saturated heterocycles. The number of carbonyl (C=O) groups excluding carboxylic acids is 1. The molecule has 0 fully saturated rings. The molecule has 1 aliphatic heterocycles. The number of para-hydroxylation sites is 1. The smallest absolute Gasteiger partial charge is 0.315 e. The third kappa shape index (κ3) is 2.01. The van der Waals surface area contributed by atoms with E-state index in [0.717, 1.165) is 0 Å². The summed E-state index contributed by atoms with van der Waals surface area (Å²) < 4.78 is 10.3. The fourth-order valence-corrected chi connectivity index (χ4v) is 2.14. The Hall–Kier alpha value is -2.11. The highest BCUT2D eigenvalue weighted by Gasteiger charge is 2.39. The predicted molar refractivity (Wildman–Crippen MR) is 62.4 cm³/mol. The first-order chi connectivity index (χ1) is 8.54. The number of rotatable bonds is 3. The van der Waals surface area contributed by atoms with Gasteiger partial charge in [-0.05, 0) is 6.07 Å². The predicted octanol–water partition coefficient (Wildman–Crippen LogP) is 1.61. The molecule has 18 heavy (non-hydrogen) atoms. The van der Waals surface area contributed by atoms with E-state index in [-0.39, 0.29) is 6.54 Å². The topological polar surface area (TPSA) is 78.7 Å². The summed E-state index contributed by atoms with van der Waals surface area (Å²) in [6.45, 7) is 1.34. The molecule has 0 aromatic heterocycles. The Labute approximate surface area is 104 Å². The first kappa shape index (κ1) is 12.3. The van der Waals surface area contributed by atoms with Gasteiger partial charge in [-0.25, -0.2) is 0 Å². The van der Waals surface area contributed by atoms with E-state index in [2.05, 4.69) is 0 Å². The van der Waals surface area contributed by atoms with Crippen LogP contribution in [0.4, 0.5) is 0 Å². The number of nitro groups is 1. The maximum absolute atomic E-state index is 11.7. The standard InChI is InChI=1S/C12H13NO5/c1-7-9(6-13(15)16)8-4-3-5-10(17-2)11(8)18-12(7)14/h3-5,7,9H,6H2,1-2H3/t7-,9-/m0/s1. The largest absolute Gasteiger partial charge is 0.493 e. The summed E-state index contributed by atoms with van der Waals surface area (Å²) in [6.07, 6.45) is 0. The summed E-state index contributed by atoms with van der Waals surface area (Å²) in [5, 5.41) is 10.7. The molecule has 6 nitrogen and oxygen atoms in total. The van der Waals surface area contributed by atoms with Gasteiger partial charge in [0, 0.05) is 10.5 Å². The molecule has 0 bridgehead atoms. The van der Waals surface area contributed by atoms with Crippen LogP contribution in [0.25, 0.3) is 0 Å². The molecule has 0 unspecified atom stereocenters. The minimum Gasteiger partial charge on any atom is -0.493 e. The zero-order chi connectivity index (χ0) is 13.3. The summed E-state index contributed by atoms with van der Waals surface area (Å²) in [4.78, 5) is 22.0. The van der Waals surface area contributed by atoms with E-state index in [1.165, 1.54) is 7.11 Å². The van der Waals surface area contributed by atoms with Crippen molar-refractivity contribution in [3.05, 3.63) is 33.9 Å². The van der Waals surface area contributed by atoms with Gasteiger partial charge in [-0.15, -0.1) is 0 Å². The first-order valence-corrected chi connectivity index (χ1v) is 5.55. The molecular formula is C12H13NO5. The van der Waals surface area contributed by atoms with E-state index >= 15 is 0 Å². The molecule has 1 aliphatic rings. The zero-order valence-electron chi connectivity index (χ0n) is 10.1. The third-order valence-corrected chi connectivity index (χ3v) is 3.15. The highest BCUT2D eigenvalue weighted by molar-refractivity contribution is 5.80. The highest BCUT2D eigenvalue weighted by atomic mass is 16.6. The third-order valence-electron chi connectivity index (χ3n) is 3.15. The molecular weight excluding hydrogens is 238 g/mol. The van der Waals surface area contributed by atoms with Gasteiger partial charge in [0.25, 0.3) is 0 Å². The number of methoxy groups -OCH3 is 1. The lowest BCUT2D eigenvalue weighted by atomic mass is 9.84. The number of nitrogens with zero attached hydrogens (tertiary/aromatic N) is 1. The van der Waals surface area contributed by atoms with Crippen LogP contribution >= 0.6 is 0 Å². The minimum atomic E-state index is -0.532. The Kier molecular flexibility index (Phi) is 3.18. The number of esters is 1. The van der Waals surface area contributed by atoms with Gasteiger partial charge in [-0.1, -0.05) is 19.1 Å². The van der Waals surface area contributed by atoms with Crippen molar-refractivity contribution in [3.8, 4) is 11.5 Å². The lowest BCUT2D eigenvalue weighted by Crippen LogP contribution is -2.33. The summed E-state index contributed by atoms with van der Waals surface area (Å²) in [6, 6.07) is 5.12. The molecule has 2 atom stereocenters. The van der Waals surface area contributed by atoms with Gasteiger partial charge < -0.3 is 9.47 Å². The van der Waals surface area contributed by atoms with Crippen LogP contribution in [0.3, 0.4) is 0 Å². The second-order valence-electron chi connectivity index (χ2n) is 4.21. The maximum Gasteiger partial charge on any atom is 0.315 e. The van der Waals surface area contributed by atoms with Crippen LogP contribution < -0.4 is 9.47 Å². The van der Waals surface area contributed by atoms with E-state index in [0.29, 0.717) is 17.1 Å². The first-order valence-electron chi connectivity index (χ1n) is 5.55. The van der Waals surface area contributed by atoms with Gasteiger partial charge in [-0.3, -0.25) is 14.9 Å². The van der Waals surface area contributed by atoms with E-state index in [4.69, 9.17) is 9.47 Å². The van der Waals surface area contributed by atoms with E-state index in [1.807, 2.05) is 0 Å². The van der Waals surface area contributed by atoms with Gasteiger partial charge in [0.15, 0.2) is 11.5 Å². The second kappa shape index (κ2) is 4.64. The molecule has 1 aromatic rings. The van der Waals surface area contributed by atoms with E-state index in [1.54, 1.807) is 25.1 Å². The second-order valence-corrected chi connectivity index (χ2v) is 4.21. The van der Waals surface area contributed by atoms with Crippen molar-refractivity contribution in [1.82, 2.24) is 0 Å². The number of hydrogen-bond donors (Lipinski definition) is 0. The summed E-state index contributed by atoms with van der Waals surface area (Å²) in [5.41, 5.74) is 0.651. The lowest BCUT2D eigenvalue weighted by Gasteiger charge is -2.28. The number of fused-ring (bicyclic) bond motifs is 1. The van der Waals surface area contributed by atoms with Crippen LogP contribution in [0.15, 0.2) is 18.2 Å². The molecule has 2 rings (SSSR count). The van der Waals surface area contributed by atoms with Crippen molar-refractivity contribution in [2.24, 2.45) is 5.92 Å².